The fourth-order valence-corrected chi connectivity index (χ4v) is 13.6. The Balaban J connectivity index is 0.000000243. The zero-order valence-electron chi connectivity index (χ0n) is 42.1. The van der Waals surface area contributed by atoms with E-state index in [1.165, 1.54) is 57.5 Å². The Bertz CT molecular complexity index is 1680. The van der Waals surface area contributed by atoms with E-state index < -0.39 is 5.41 Å². The average molecular weight is 875 g/mol. The van der Waals surface area contributed by atoms with Crippen LogP contribution in [0.5, 0.6) is 0 Å². The van der Waals surface area contributed by atoms with Crippen LogP contribution in [0, 0.1) is 87.3 Å². The van der Waals surface area contributed by atoms with Crippen molar-refractivity contribution in [1.29, 1.82) is 0 Å². The molecule has 6 aliphatic carbocycles. The zero-order valence-corrected chi connectivity index (χ0v) is 42.1. The SMILES string of the molecule is CCC(C)(C)C(=O)O[C@H]1C[C@@H](C)C=C2C=C[C@H](C)[C@H](CC[C@@H]3C[C@H](CC(=O)OC)CC(C)(C)C3)C21.COC(=O)C[C@H]1C[C@@H](CC[C@@H]2C3C(=C[C@H](C)C[C@@H]3O)C=C[C@@H]2C)CC(C)(C)C1. The number of allylic oxidation sites excluding steroid dienone is 6. The van der Waals surface area contributed by atoms with Crippen LogP contribution >= 0.6 is 0 Å². The number of carbonyl (C=O) groups excluding carboxylic acids is 3. The molecule has 0 bridgehead atoms. The van der Waals surface area contributed by atoms with Gasteiger partial charge in [0.2, 0.25) is 0 Å². The maximum atomic E-state index is 13.1. The van der Waals surface area contributed by atoms with Gasteiger partial charge in [0.15, 0.2) is 0 Å². The number of fused-ring (bicyclic) bond motifs is 2. The molecule has 2 saturated carbocycles. The zero-order chi connectivity index (χ0) is 46.4. The van der Waals surface area contributed by atoms with Crippen molar-refractivity contribution in [3.63, 3.8) is 0 Å². The van der Waals surface area contributed by atoms with Gasteiger partial charge in [0, 0.05) is 24.7 Å². The number of hydrogen-bond donors (Lipinski definition) is 1. The highest BCUT2D eigenvalue weighted by Crippen LogP contribution is 2.51. The predicted molar refractivity (Wildman–Crippen MR) is 255 cm³/mol. The molecule has 7 heteroatoms. The van der Waals surface area contributed by atoms with Crippen molar-refractivity contribution >= 4 is 17.9 Å². The molecule has 1 N–H and O–H groups in total. The van der Waals surface area contributed by atoms with E-state index in [2.05, 4.69) is 98.8 Å². The number of carbonyl (C=O) groups is 3. The first kappa shape index (κ1) is 51.3. The van der Waals surface area contributed by atoms with E-state index in [-0.39, 0.29) is 41.4 Å². The van der Waals surface area contributed by atoms with Gasteiger partial charge in [-0.05, 0) is 166 Å². The molecule has 63 heavy (non-hydrogen) atoms. The number of esters is 3. The lowest BCUT2D eigenvalue weighted by Crippen LogP contribution is -2.43. The molecule has 14 atom stereocenters. The highest BCUT2D eigenvalue weighted by atomic mass is 16.5. The molecule has 2 fully saturated rings. The van der Waals surface area contributed by atoms with Crippen molar-refractivity contribution in [2.75, 3.05) is 14.2 Å². The second kappa shape index (κ2) is 21.8. The third-order valence-electron chi connectivity index (χ3n) is 16.8. The lowest BCUT2D eigenvalue weighted by molar-refractivity contribution is -0.164. The van der Waals surface area contributed by atoms with Gasteiger partial charge in [-0.3, -0.25) is 14.4 Å². The Kier molecular flexibility index (Phi) is 17.7. The Morgan fingerprint density at radius 2 is 1.08 bits per heavy atom. The molecule has 0 aromatic heterocycles. The van der Waals surface area contributed by atoms with E-state index in [1.54, 1.807) is 0 Å². The molecule has 2 unspecified atom stereocenters. The Hall–Kier alpha value is -2.67. The van der Waals surface area contributed by atoms with Gasteiger partial charge in [-0.1, -0.05) is 112 Å². The van der Waals surface area contributed by atoms with E-state index in [0.29, 0.717) is 83.4 Å². The second-order valence-corrected chi connectivity index (χ2v) is 24.1. The van der Waals surface area contributed by atoms with Gasteiger partial charge in [-0.15, -0.1) is 0 Å². The van der Waals surface area contributed by atoms with Gasteiger partial charge in [-0.25, -0.2) is 0 Å². The van der Waals surface area contributed by atoms with Gasteiger partial charge in [0.05, 0.1) is 25.7 Å². The molecule has 0 heterocycles. The largest absolute Gasteiger partial charge is 0.469 e. The van der Waals surface area contributed by atoms with Gasteiger partial charge < -0.3 is 19.3 Å². The molecule has 6 rings (SSSR count). The summed E-state index contributed by atoms with van der Waals surface area (Å²) >= 11 is 0. The van der Waals surface area contributed by atoms with Gasteiger partial charge in [0.25, 0.3) is 0 Å². The Morgan fingerprint density at radius 3 is 1.54 bits per heavy atom. The number of hydrogen-bond acceptors (Lipinski definition) is 7. The normalized spacial score (nSPS) is 36.9. The minimum Gasteiger partial charge on any atom is -0.469 e. The molecule has 0 radical (unpaired) electrons. The lowest BCUT2D eigenvalue weighted by Gasteiger charge is -2.45. The van der Waals surface area contributed by atoms with Crippen LogP contribution < -0.4 is 0 Å². The summed E-state index contributed by atoms with van der Waals surface area (Å²) < 4.78 is 16.2. The first-order valence-electron chi connectivity index (χ1n) is 25.4. The quantitative estimate of drug-likeness (QED) is 0.145. The highest BCUT2D eigenvalue weighted by molar-refractivity contribution is 5.76. The molecular formula is C56H90O7. The summed E-state index contributed by atoms with van der Waals surface area (Å²) in [5, 5.41) is 10.8. The minimum atomic E-state index is -0.446. The van der Waals surface area contributed by atoms with E-state index in [9.17, 15) is 19.5 Å². The minimum absolute atomic E-state index is 0.0457. The maximum absolute atomic E-state index is 13.1. The second-order valence-electron chi connectivity index (χ2n) is 24.1. The number of aliphatic hydroxyl groups is 1. The summed E-state index contributed by atoms with van der Waals surface area (Å²) in [7, 11) is 2.99. The van der Waals surface area contributed by atoms with Gasteiger partial charge in [-0.2, -0.15) is 0 Å². The van der Waals surface area contributed by atoms with E-state index >= 15 is 0 Å². The molecule has 0 aromatic carbocycles. The summed E-state index contributed by atoms with van der Waals surface area (Å²) in [6.07, 6.45) is 29.1. The summed E-state index contributed by atoms with van der Waals surface area (Å²) in [5.74, 6) is 5.42. The molecule has 0 spiro atoms. The van der Waals surface area contributed by atoms with E-state index in [0.717, 1.165) is 51.4 Å². The number of methoxy groups -OCH3 is 2. The van der Waals surface area contributed by atoms with Crippen LogP contribution in [0.4, 0.5) is 0 Å². The van der Waals surface area contributed by atoms with Gasteiger partial charge in [0.1, 0.15) is 6.10 Å². The summed E-state index contributed by atoms with van der Waals surface area (Å²) in [6.45, 7) is 24.5. The van der Waals surface area contributed by atoms with Crippen molar-refractivity contribution in [3.05, 3.63) is 47.6 Å². The van der Waals surface area contributed by atoms with Crippen molar-refractivity contribution in [1.82, 2.24) is 0 Å². The number of ether oxygens (including phenoxy) is 3. The fourth-order valence-electron chi connectivity index (χ4n) is 13.6. The lowest BCUT2D eigenvalue weighted by atomic mass is 9.62. The first-order valence-corrected chi connectivity index (χ1v) is 25.4. The molecule has 7 nitrogen and oxygen atoms in total. The van der Waals surface area contributed by atoms with Crippen LogP contribution in [0.2, 0.25) is 0 Å². The average Bonchev–Trinajstić information content (AvgIpc) is 3.19. The molecule has 0 aromatic rings. The molecule has 0 amide bonds. The molecule has 0 aliphatic heterocycles. The summed E-state index contributed by atoms with van der Waals surface area (Å²) in [4.78, 5) is 36.8. The Labute approximate surface area is 384 Å². The smallest absolute Gasteiger partial charge is 0.311 e. The van der Waals surface area contributed by atoms with Crippen LogP contribution in [0.25, 0.3) is 0 Å². The van der Waals surface area contributed by atoms with E-state index in [1.807, 2.05) is 13.8 Å². The highest BCUT2D eigenvalue weighted by Gasteiger charge is 2.44. The third-order valence-corrected chi connectivity index (χ3v) is 16.8. The topological polar surface area (TPSA) is 99.1 Å². The van der Waals surface area contributed by atoms with Crippen molar-refractivity contribution in [2.45, 2.75) is 185 Å². The summed E-state index contributed by atoms with van der Waals surface area (Å²) in [6, 6.07) is 0. The first-order chi connectivity index (χ1) is 29.5. The standard InChI is InChI=1S/C31H50O4.C25H40O3/c1-9-31(6,7)29(33)35-26-15-20(2)14-24-12-10-21(3)25(28(24)26)13-11-22-16-23(17-27(32)34-8)19-30(4,5)18-22;1-16-10-20-8-6-17(2)21(24(20)22(26)11-16)9-7-18-12-19(13-23(27)28-5)15-25(3,4)14-18/h10,12,14,20-23,25-26,28H,9,11,13,15-19H2,1-8H3;6,8,10,16-19,21-22,24,26H,7,9,11-15H2,1-5H3/t20-,21-,22+,23+,25-,26-,28?;16-,17-,18+,19+,21-,22-,24?/m00/s1. The number of aliphatic hydroxyl groups excluding tert-OH is 1. The van der Waals surface area contributed by atoms with Crippen LogP contribution in [-0.2, 0) is 28.6 Å². The van der Waals surface area contributed by atoms with Gasteiger partial charge >= 0.3 is 17.9 Å². The van der Waals surface area contributed by atoms with Crippen LogP contribution in [-0.4, -0.2) is 49.4 Å². The predicted octanol–water partition coefficient (Wildman–Crippen LogP) is 13.1. The van der Waals surface area contributed by atoms with Crippen molar-refractivity contribution < 1.29 is 33.7 Å². The van der Waals surface area contributed by atoms with E-state index in [4.69, 9.17) is 14.2 Å². The van der Waals surface area contributed by atoms with Crippen LogP contribution in [0.15, 0.2) is 47.6 Å². The fraction of sp³-hybridized carbons (Fsp3) is 0.804. The molecular weight excluding hydrogens is 785 g/mol. The third kappa shape index (κ3) is 13.9. The van der Waals surface area contributed by atoms with Crippen molar-refractivity contribution in [2.24, 2.45) is 87.3 Å². The monoisotopic (exact) mass is 875 g/mol. The van der Waals surface area contributed by atoms with Crippen LogP contribution in [0.3, 0.4) is 0 Å². The molecule has 6 aliphatic rings. The van der Waals surface area contributed by atoms with Crippen LogP contribution in [0.1, 0.15) is 172 Å². The van der Waals surface area contributed by atoms with Crippen molar-refractivity contribution in [3.8, 4) is 0 Å². The molecule has 356 valence electrons. The number of rotatable bonds is 13. The Morgan fingerprint density at radius 1 is 0.651 bits per heavy atom. The summed E-state index contributed by atoms with van der Waals surface area (Å²) in [5.41, 5.74) is 2.84. The maximum Gasteiger partial charge on any atom is 0.311 e. The molecule has 0 saturated heterocycles.